The Morgan fingerprint density at radius 3 is 2.43 bits per heavy atom. The molecule has 1 aromatic heterocycles. The van der Waals surface area contributed by atoms with E-state index in [0.717, 1.165) is 40.7 Å². The zero-order valence-electron chi connectivity index (χ0n) is 19.2. The molecule has 0 radical (unpaired) electrons. The number of benzene rings is 2. The number of hydrogen-bond donors (Lipinski definition) is 3. The van der Waals surface area contributed by atoms with Gasteiger partial charge in [-0.2, -0.15) is 0 Å². The standard InChI is InChI=1S/C25H28BrClN4O4/c26-20-7-3-19(4-8-20)15-28-16-22-23(32)31(24(33)29-22)35-25(34)30-13-11-18(12-14-30)2-1-17-5-9-21(27)10-6-17/h3-10,18,28,32H,1-2,11-16H2,(H,29,33). The molecule has 0 spiro atoms. The lowest BCUT2D eigenvalue weighted by Crippen LogP contribution is -2.44. The van der Waals surface area contributed by atoms with Crippen molar-refractivity contribution in [1.29, 1.82) is 0 Å². The number of imidazole rings is 1. The summed E-state index contributed by atoms with van der Waals surface area (Å²) in [5.41, 5.74) is 1.85. The van der Waals surface area contributed by atoms with Crippen LogP contribution >= 0.6 is 27.5 Å². The highest BCUT2D eigenvalue weighted by Crippen LogP contribution is 2.23. The monoisotopic (exact) mass is 562 g/mol. The van der Waals surface area contributed by atoms with E-state index in [2.05, 4.69) is 26.2 Å². The molecule has 1 fully saturated rings. The van der Waals surface area contributed by atoms with E-state index in [1.165, 1.54) is 5.56 Å². The predicted octanol–water partition coefficient (Wildman–Crippen LogP) is 4.48. The van der Waals surface area contributed by atoms with Crippen molar-refractivity contribution in [2.45, 2.75) is 38.8 Å². The number of H-pyrrole nitrogens is 1. The minimum absolute atomic E-state index is 0.209. The fraction of sp³-hybridized carbons (Fsp3) is 0.360. The van der Waals surface area contributed by atoms with E-state index in [1.54, 1.807) is 4.90 Å². The van der Waals surface area contributed by atoms with Crippen molar-refractivity contribution in [3.63, 3.8) is 0 Å². The Hall–Kier alpha value is -2.75. The zero-order valence-corrected chi connectivity index (χ0v) is 21.5. The average molecular weight is 564 g/mol. The number of likely N-dealkylation sites (tertiary alicyclic amines) is 1. The second-order valence-corrected chi connectivity index (χ2v) is 10.1. The van der Waals surface area contributed by atoms with Crippen molar-refractivity contribution in [3.8, 4) is 5.88 Å². The molecule has 3 aromatic rings. The molecule has 0 aliphatic carbocycles. The first-order valence-electron chi connectivity index (χ1n) is 11.6. The Morgan fingerprint density at radius 1 is 1.09 bits per heavy atom. The molecule has 186 valence electrons. The van der Waals surface area contributed by atoms with Crippen LogP contribution in [0.15, 0.2) is 57.8 Å². The molecule has 2 aromatic carbocycles. The van der Waals surface area contributed by atoms with Crippen LogP contribution in [0.1, 0.15) is 36.1 Å². The van der Waals surface area contributed by atoms with Crippen LogP contribution in [0.4, 0.5) is 4.79 Å². The third-order valence-corrected chi connectivity index (χ3v) is 7.03. The van der Waals surface area contributed by atoms with Gasteiger partial charge in [-0.05, 0) is 67.0 Å². The highest BCUT2D eigenvalue weighted by atomic mass is 79.9. The van der Waals surface area contributed by atoms with E-state index >= 15 is 0 Å². The van der Waals surface area contributed by atoms with Gasteiger partial charge < -0.3 is 25.1 Å². The molecule has 0 atom stereocenters. The number of aromatic nitrogens is 2. The minimum atomic E-state index is -0.700. The van der Waals surface area contributed by atoms with Crippen molar-refractivity contribution < 1.29 is 14.7 Å². The summed E-state index contributed by atoms with van der Waals surface area (Å²) in [7, 11) is 0. The molecule has 0 bridgehead atoms. The molecule has 1 saturated heterocycles. The molecule has 1 amide bonds. The number of rotatable bonds is 8. The van der Waals surface area contributed by atoms with Crippen molar-refractivity contribution in [1.82, 2.24) is 19.9 Å². The van der Waals surface area contributed by atoms with Gasteiger partial charge in [0.15, 0.2) is 0 Å². The van der Waals surface area contributed by atoms with E-state index in [0.29, 0.717) is 30.3 Å². The van der Waals surface area contributed by atoms with Gasteiger partial charge >= 0.3 is 11.8 Å². The van der Waals surface area contributed by atoms with Gasteiger partial charge in [-0.3, -0.25) is 0 Å². The maximum Gasteiger partial charge on any atom is 0.434 e. The van der Waals surface area contributed by atoms with Crippen LogP contribution in [0.3, 0.4) is 0 Å². The second kappa shape index (κ2) is 11.8. The number of carbonyl (C=O) groups excluding carboxylic acids is 1. The molecular formula is C25H28BrClN4O4. The number of nitrogens with one attached hydrogen (secondary N) is 2. The summed E-state index contributed by atoms with van der Waals surface area (Å²) in [5.74, 6) is 0.103. The molecule has 3 N–H and O–H groups in total. The first-order chi connectivity index (χ1) is 16.9. The lowest BCUT2D eigenvalue weighted by Gasteiger charge is -2.31. The van der Waals surface area contributed by atoms with Gasteiger partial charge in [0.1, 0.15) is 0 Å². The summed E-state index contributed by atoms with van der Waals surface area (Å²) in [6, 6.07) is 15.7. The van der Waals surface area contributed by atoms with Gasteiger partial charge in [0.2, 0.25) is 0 Å². The number of aromatic amines is 1. The highest BCUT2D eigenvalue weighted by Gasteiger charge is 2.26. The van der Waals surface area contributed by atoms with E-state index in [4.69, 9.17) is 16.4 Å². The van der Waals surface area contributed by atoms with Gasteiger partial charge in [-0.25, -0.2) is 9.59 Å². The summed E-state index contributed by atoms with van der Waals surface area (Å²) in [6.07, 6.45) is 3.09. The lowest BCUT2D eigenvalue weighted by molar-refractivity contribution is 0.0678. The van der Waals surface area contributed by atoms with Gasteiger partial charge in [-0.1, -0.05) is 56.5 Å². The number of amides is 1. The van der Waals surface area contributed by atoms with Crippen LogP contribution in [-0.4, -0.2) is 38.9 Å². The quantitative estimate of drug-likeness (QED) is 0.375. The number of aromatic hydroxyl groups is 1. The number of piperidine rings is 1. The SMILES string of the molecule is O=C(On1c(O)c(CNCc2ccc(Br)cc2)[nH]c1=O)N1CCC(CCc2ccc(Cl)cc2)CC1. The molecule has 1 aliphatic rings. The van der Waals surface area contributed by atoms with Crippen LogP contribution in [0.25, 0.3) is 0 Å². The summed E-state index contributed by atoms with van der Waals surface area (Å²) in [5, 5.41) is 14.3. The number of aryl methyl sites for hydroxylation is 1. The Labute approximate surface area is 216 Å². The van der Waals surface area contributed by atoms with E-state index < -0.39 is 17.7 Å². The maximum atomic E-state index is 12.6. The maximum absolute atomic E-state index is 12.6. The van der Waals surface area contributed by atoms with Gasteiger partial charge in [-0.15, -0.1) is 0 Å². The molecule has 4 rings (SSSR count). The van der Waals surface area contributed by atoms with E-state index in [1.807, 2.05) is 48.5 Å². The fourth-order valence-electron chi connectivity index (χ4n) is 4.16. The number of hydrogen-bond acceptors (Lipinski definition) is 5. The van der Waals surface area contributed by atoms with E-state index in [-0.39, 0.29) is 12.2 Å². The highest BCUT2D eigenvalue weighted by molar-refractivity contribution is 9.10. The Morgan fingerprint density at radius 2 is 1.74 bits per heavy atom. The van der Waals surface area contributed by atoms with Crippen molar-refractivity contribution in [2.75, 3.05) is 13.1 Å². The fourth-order valence-corrected chi connectivity index (χ4v) is 4.55. The Kier molecular flexibility index (Phi) is 8.54. The van der Waals surface area contributed by atoms with Gasteiger partial charge in [0.25, 0.3) is 5.88 Å². The Balaban J connectivity index is 1.24. The van der Waals surface area contributed by atoms with Crippen LogP contribution in [0, 0.1) is 5.92 Å². The van der Waals surface area contributed by atoms with Crippen LogP contribution in [-0.2, 0) is 19.5 Å². The van der Waals surface area contributed by atoms with Gasteiger partial charge in [0.05, 0.1) is 5.69 Å². The van der Waals surface area contributed by atoms with Crippen LogP contribution in [0.5, 0.6) is 5.88 Å². The number of carbonyl (C=O) groups is 1. The third kappa shape index (κ3) is 6.90. The topological polar surface area (TPSA) is 99.6 Å². The van der Waals surface area contributed by atoms with E-state index in [9.17, 15) is 14.7 Å². The number of nitrogens with zero attached hydrogens (tertiary/aromatic N) is 2. The first-order valence-corrected chi connectivity index (χ1v) is 12.8. The zero-order chi connectivity index (χ0) is 24.8. The largest absolute Gasteiger partial charge is 0.491 e. The molecule has 0 saturated carbocycles. The summed E-state index contributed by atoms with van der Waals surface area (Å²) in [6.45, 7) is 1.85. The molecule has 2 heterocycles. The molecular weight excluding hydrogens is 536 g/mol. The first kappa shape index (κ1) is 25.3. The summed E-state index contributed by atoms with van der Waals surface area (Å²) >= 11 is 9.34. The van der Waals surface area contributed by atoms with Crippen LogP contribution in [0.2, 0.25) is 5.02 Å². The molecule has 0 unspecified atom stereocenters. The Bertz CT molecular complexity index is 1190. The average Bonchev–Trinajstić information content (AvgIpc) is 3.12. The van der Waals surface area contributed by atoms with Crippen molar-refractivity contribution in [3.05, 3.63) is 85.3 Å². The molecule has 1 aliphatic heterocycles. The third-order valence-electron chi connectivity index (χ3n) is 6.25. The summed E-state index contributed by atoms with van der Waals surface area (Å²) in [4.78, 5) is 34.2. The second-order valence-electron chi connectivity index (χ2n) is 8.71. The van der Waals surface area contributed by atoms with Gasteiger partial charge in [0, 0.05) is 35.7 Å². The predicted molar refractivity (Wildman–Crippen MR) is 137 cm³/mol. The van der Waals surface area contributed by atoms with Crippen molar-refractivity contribution >= 4 is 33.6 Å². The normalized spacial score (nSPS) is 14.3. The number of halogens is 2. The van der Waals surface area contributed by atoms with Crippen molar-refractivity contribution in [2.24, 2.45) is 5.92 Å². The summed E-state index contributed by atoms with van der Waals surface area (Å²) < 4.78 is 1.61. The molecule has 10 heteroatoms. The van der Waals surface area contributed by atoms with Crippen LogP contribution < -0.4 is 15.8 Å². The molecule has 8 nitrogen and oxygen atoms in total. The minimum Gasteiger partial charge on any atom is -0.491 e. The smallest absolute Gasteiger partial charge is 0.434 e. The lowest BCUT2D eigenvalue weighted by atomic mass is 9.91. The molecule has 35 heavy (non-hydrogen) atoms.